The first kappa shape index (κ1) is 16.9. The van der Waals surface area contributed by atoms with Gasteiger partial charge < -0.3 is 20.5 Å². The molecule has 3 aliphatic rings. The maximum absolute atomic E-state index is 14.3. The molecule has 1 aliphatic carbocycles. The van der Waals surface area contributed by atoms with Crippen molar-refractivity contribution >= 4 is 5.95 Å². The van der Waals surface area contributed by atoms with Crippen molar-refractivity contribution in [1.82, 2.24) is 15.0 Å². The van der Waals surface area contributed by atoms with Gasteiger partial charge in [0.05, 0.1) is 30.7 Å². The van der Waals surface area contributed by atoms with Gasteiger partial charge in [0.2, 0.25) is 5.95 Å². The summed E-state index contributed by atoms with van der Waals surface area (Å²) in [6.45, 7) is 1.51. The summed E-state index contributed by atoms with van der Waals surface area (Å²) in [4.78, 5) is 14.8. The van der Waals surface area contributed by atoms with E-state index in [1.807, 2.05) is 6.07 Å². The van der Waals surface area contributed by atoms with Gasteiger partial charge in [-0.05, 0) is 18.6 Å². The average Bonchev–Trinajstić information content (AvgIpc) is 2.91. The number of nitrogens with two attached hydrogens (primary N) is 1. The van der Waals surface area contributed by atoms with E-state index < -0.39 is 17.6 Å². The molecule has 2 saturated heterocycles. The number of ether oxygens (including phenoxy) is 1. The summed E-state index contributed by atoms with van der Waals surface area (Å²) in [5, 5.41) is 9.52. The van der Waals surface area contributed by atoms with Gasteiger partial charge in [0, 0.05) is 36.8 Å². The quantitative estimate of drug-likeness (QED) is 0.824. The highest BCUT2D eigenvalue weighted by atomic mass is 19.3. The number of aromatic nitrogens is 3. The van der Waals surface area contributed by atoms with Crippen LogP contribution in [0.4, 0.5) is 14.7 Å². The Morgan fingerprint density at radius 1 is 1.22 bits per heavy atom. The monoisotopic (exact) mass is 375 g/mol. The molecule has 4 heterocycles. The van der Waals surface area contributed by atoms with Crippen LogP contribution >= 0.6 is 0 Å². The minimum absolute atomic E-state index is 0.212. The predicted molar refractivity (Wildman–Crippen MR) is 92.4 cm³/mol. The summed E-state index contributed by atoms with van der Waals surface area (Å²) in [6, 6.07) is 3.61. The summed E-state index contributed by atoms with van der Waals surface area (Å²) < 4.78 is 33.9. The molecule has 7 nitrogen and oxygen atoms in total. The van der Waals surface area contributed by atoms with E-state index in [1.165, 1.54) is 0 Å². The van der Waals surface area contributed by atoms with Gasteiger partial charge in [0.25, 0.3) is 5.92 Å². The second kappa shape index (κ2) is 5.63. The first-order valence-corrected chi connectivity index (χ1v) is 8.91. The Labute approximate surface area is 154 Å². The maximum Gasteiger partial charge on any atom is 0.290 e. The number of β-amino-alcohol motifs (C(OH)–C–C–N with tert-alkyl or cyclic N) is 1. The Kier molecular flexibility index (Phi) is 3.53. The zero-order chi connectivity index (χ0) is 18.8. The molecule has 0 amide bonds. The third kappa shape index (κ3) is 2.60. The highest BCUT2D eigenvalue weighted by molar-refractivity contribution is 5.66. The second-order valence-corrected chi connectivity index (χ2v) is 7.54. The van der Waals surface area contributed by atoms with Crippen LogP contribution in [-0.4, -0.2) is 52.5 Å². The van der Waals surface area contributed by atoms with Crippen LogP contribution in [-0.2, 0) is 22.6 Å². The predicted octanol–water partition coefficient (Wildman–Crippen LogP) is 0.942. The standard InChI is InChI=1S/C18H19F2N5O2/c19-18(20)4-3-12-14(23-16(24-15(12)18)25-6-11(26)7-25)10-1-2-13(22-5-10)17(21)8-27-9-17/h1-2,5,11,26H,3-4,6-9,21H2. The molecule has 0 spiro atoms. The molecule has 0 radical (unpaired) electrons. The van der Waals surface area contributed by atoms with E-state index in [0.29, 0.717) is 48.8 Å². The fourth-order valence-corrected chi connectivity index (χ4v) is 3.71. The molecule has 0 atom stereocenters. The highest BCUT2D eigenvalue weighted by Crippen LogP contribution is 2.44. The van der Waals surface area contributed by atoms with Crippen molar-refractivity contribution in [2.75, 3.05) is 31.2 Å². The average molecular weight is 375 g/mol. The molecule has 0 aromatic carbocycles. The van der Waals surface area contributed by atoms with Crippen LogP contribution in [0.1, 0.15) is 23.4 Å². The second-order valence-electron chi connectivity index (χ2n) is 7.54. The van der Waals surface area contributed by atoms with Gasteiger partial charge in [-0.2, -0.15) is 8.78 Å². The number of aliphatic hydroxyl groups excluding tert-OH is 1. The molecule has 9 heteroatoms. The van der Waals surface area contributed by atoms with Gasteiger partial charge in [-0.25, -0.2) is 9.97 Å². The smallest absolute Gasteiger partial charge is 0.290 e. The Balaban J connectivity index is 1.57. The lowest BCUT2D eigenvalue weighted by Gasteiger charge is -2.37. The number of fused-ring (bicyclic) bond motifs is 1. The van der Waals surface area contributed by atoms with Gasteiger partial charge in [-0.15, -0.1) is 0 Å². The van der Waals surface area contributed by atoms with Crippen LogP contribution in [0.15, 0.2) is 18.3 Å². The van der Waals surface area contributed by atoms with Crippen molar-refractivity contribution in [3.8, 4) is 11.3 Å². The molecule has 3 N–H and O–H groups in total. The number of anilines is 1. The number of rotatable bonds is 3. The summed E-state index contributed by atoms with van der Waals surface area (Å²) in [5.41, 5.74) is 7.70. The molecule has 2 fully saturated rings. The fraction of sp³-hybridized carbons (Fsp3) is 0.500. The number of alkyl halides is 2. The van der Waals surface area contributed by atoms with E-state index >= 15 is 0 Å². The summed E-state index contributed by atoms with van der Waals surface area (Å²) in [5.74, 6) is -2.74. The van der Waals surface area contributed by atoms with Crippen molar-refractivity contribution in [2.45, 2.75) is 30.4 Å². The molecule has 5 rings (SSSR count). The Morgan fingerprint density at radius 3 is 2.59 bits per heavy atom. The zero-order valence-electron chi connectivity index (χ0n) is 14.5. The molecule has 2 aromatic rings. The molecular weight excluding hydrogens is 356 g/mol. The summed E-state index contributed by atoms with van der Waals surface area (Å²) in [7, 11) is 0. The van der Waals surface area contributed by atoms with E-state index in [0.717, 1.165) is 0 Å². The molecular formula is C18H19F2N5O2. The lowest BCUT2D eigenvalue weighted by Crippen LogP contribution is -2.54. The Bertz CT molecular complexity index is 895. The third-order valence-electron chi connectivity index (χ3n) is 5.44. The van der Waals surface area contributed by atoms with Gasteiger partial charge >= 0.3 is 0 Å². The number of hydrogen-bond donors (Lipinski definition) is 2. The van der Waals surface area contributed by atoms with E-state index in [4.69, 9.17) is 10.5 Å². The van der Waals surface area contributed by atoms with Crippen LogP contribution < -0.4 is 10.6 Å². The summed E-state index contributed by atoms with van der Waals surface area (Å²) >= 11 is 0. The van der Waals surface area contributed by atoms with Crippen LogP contribution in [0.25, 0.3) is 11.3 Å². The van der Waals surface area contributed by atoms with Crippen molar-refractivity contribution in [2.24, 2.45) is 5.73 Å². The van der Waals surface area contributed by atoms with E-state index in [9.17, 15) is 13.9 Å². The van der Waals surface area contributed by atoms with Crippen molar-refractivity contribution in [1.29, 1.82) is 0 Å². The van der Waals surface area contributed by atoms with Crippen LogP contribution in [0, 0.1) is 0 Å². The number of nitrogens with zero attached hydrogens (tertiary/aromatic N) is 4. The number of halogens is 2. The van der Waals surface area contributed by atoms with Gasteiger partial charge in [-0.3, -0.25) is 4.98 Å². The lowest BCUT2D eigenvalue weighted by molar-refractivity contribution is -0.0590. The molecule has 2 aromatic heterocycles. The van der Waals surface area contributed by atoms with Crippen LogP contribution in [0.5, 0.6) is 0 Å². The fourth-order valence-electron chi connectivity index (χ4n) is 3.71. The minimum atomic E-state index is -2.97. The molecule has 2 aliphatic heterocycles. The molecule has 0 unspecified atom stereocenters. The van der Waals surface area contributed by atoms with E-state index in [1.54, 1.807) is 17.2 Å². The topological polar surface area (TPSA) is 97.4 Å². The van der Waals surface area contributed by atoms with Crippen LogP contribution in [0.2, 0.25) is 0 Å². The molecule has 0 bridgehead atoms. The number of aliphatic hydroxyl groups is 1. The largest absolute Gasteiger partial charge is 0.389 e. The van der Waals surface area contributed by atoms with E-state index in [2.05, 4.69) is 15.0 Å². The highest BCUT2D eigenvalue weighted by Gasteiger charge is 2.44. The number of pyridine rings is 1. The van der Waals surface area contributed by atoms with E-state index in [-0.39, 0.29) is 24.5 Å². The van der Waals surface area contributed by atoms with Crippen LogP contribution in [0.3, 0.4) is 0 Å². The van der Waals surface area contributed by atoms with Gasteiger partial charge in [0.1, 0.15) is 11.2 Å². The lowest BCUT2D eigenvalue weighted by atomic mass is 9.93. The minimum Gasteiger partial charge on any atom is -0.389 e. The van der Waals surface area contributed by atoms with Gasteiger partial charge in [-0.1, -0.05) is 0 Å². The van der Waals surface area contributed by atoms with Crippen molar-refractivity contribution < 1.29 is 18.6 Å². The zero-order valence-corrected chi connectivity index (χ0v) is 14.5. The third-order valence-corrected chi connectivity index (χ3v) is 5.44. The normalized spacial score (nSPS) is 22.9. The summed E-state index contributed by atoms with van der Waals surface area (Å²) in [6.07, 6.45) is 1.09. The molecule has 27 heavy (non-hydrogen) atoms. The van der Waals surface area contributed by atoms with Gasteiger partial charge in [0.15, 0.2) is 0 Å². The Morgan fingerprint density at radius 2 is 2.00 bits per heavy atom. The van der Waals surface area contributed by atoms with Crippen molar-refractivity contribution in [3.05, 3.63) is 35.3 Å². The Hall–Kier alpha value is -2.23. The van der Waals surface area contributed by atoms with Crippen molar-refractivity contribution in [3.63, 3.8) is 0 Å². The first-order valence-electron chi connectivity index (χ1n) is 8.91. The SMILES string of the molecule is NC1(c2ccc(-c3nc(N4CC(O)C4)nc4c3CCC4(F)F)cn2)COC1. The molecule has 142 valence electrons. The maximum atomic E-state index is 14.3. The first-order chi connectivity index (χ1) is 12.9. The molecule has 0 saturated carbocycles. The number of hydrogen-bond acceptors (Lipinski definition) is 7.